The summed E-state index contributed by atoms with van der Waals surface area (Å²) in [7, 11) is 1.98. The van der Waals surface area contributed by atoms with E-state index in [0.717, 1.165) is 52.8 Å². The number of benzene rings is 1. The molecule has 0 saturated carbocycles. The number of aryl methyl sites for hydroxylation is 1. The molecule has 9 heteroatoms. The molecular formula is C23H22N6O3. The van der Waals surface area contributed by atoms with E-state index >= 15 is 0 Å². The SMILES string of the molecule is Cn1c(-c2ccncc2)nc2c(N3CCOCC3)nc(-c3ccc4c(c3)OCCO4)nc21. The Labute approximate surface area is 184 Å². The molecule has 5 heterocycles. The molecule has 162 valence electrons. The van der Waals surface area contributed by atoms with Crippen molar-refractivity contribution in [3.8, 4) is 34.3 Å². The topological polar surface area (TPSA) is 87.4 Å². The minimum atomic E-state index is 0.534. The maximum absolute atomic E-state index is 5.77. The van der Waals surface area contributed by atoms with Crippen LogP contribution in [0.4, 0.5) is 5.82 Å². The molecule has 32 heavy (non-hydrogen) atoms. The zero-order valence-electron chi connectivity index (χ0n) is 17.7. The van der Waals surface area contributed by atoms with Gasteiger partial charge in [-0.15, -0.1) is 0 Å². The first kappa shape index (κ1) is 19.0. The van der Waals surface area contributed by atoms with Crippen molar-refractivity contribution in [2.45, 2.75) is 0 Å². The Morgan fingerprint density at radius 2 is 1.59 bits per heavy atom. The molecule has 0 radical (unpaired) electrons. The summed E-state index contributed by atoms with van der Waals surface area (Å²) in [6.07, 6.45) is 3.54. The van der Waals surface area contributed by atoms with Gasteiger partial charge in [-0.25, -0.2) is 15.0 Å². The Kier molecular flexibility index (Phi) is 4.61. The predicted octanol–water partition coefficient (Wildman–Crippen LogP) is 2.70. The van der Waals surface area contributed by atoms with Crippen LogP contribution in [0.1, 0.15) is 0 Å². The zero-order valence-corrected chi connectivity index (χ0v) is 17.7. The summed E-state index contributed by atoms with van der Waals surface area (Å²) in [5, 5.41) is 0. The minimum Gasteiger partial charge on any atom is -0.486 e. The van der Waals surface area contributed by atoms with E-state index in [1.807, 2.05) is 41.9 Å². The van der Waals surface area contributed by atoms with Gasteiger partial charge in [-0.2, -0.15) is 0 Å². The molecule has 6 rings (SSSR count). The highest BCUT2D eigenvalue weighted by molar-refractivity contribution is 5.89. The van der Waals surface area contributed by atoms with Crippen molar-refractivity contribution in [2.75, 3.05) is 44.4 Å². The molecule has 0 aliphatic carbocycles. The molecule has 3 aromatic heterocycles. The van der Waals surface area contributed by atoms with Gasteiger partial charge in [-0.05, 0) is 30.3 Å². The van der Waals surface area contributed by atoms with E-state index in [1.165, 1.54) is 0 Å². The van der Waals surface area contributed by atoms with Gasteiger partial charge in [0.25, 0.3) is 0 Å². The van der Waals surface area contributed by atoms with Gasteiger partial charge in [-0.3, -0.25) is 4.98 Å². The minimum absolute atomic E-state index is 0.534. The number of nitrogens with zero attached hydrogens (tertiary/aromatic N) is 6. The molecule has 2 aliphatic heterocycles. The van der Waals surface area contributed by atoms with Gasteiger partial charge < -0.3 is 23.7 Å². The average Bonchev–Trinajstić information content (AvgIpc) is 3.20. The zero-order chi connectivity index (χ0) is 21.5. The summed E-state index contributed by atoms with van der Waals surface area (Å²) in [6.45, 7) is 3.93. The normalized spacial score (nSPS) is 15.8. The van der Waals surface area contributed by atoms with Crippen molar-refractivity contribution in [3.05, 3.63) is 42.7 Å². The Morgan fingerprint density at radius 1 is 0.812 bits per heavy atom. The highest BCUT2D eigenvalue weighted by Crippen LogP contribution is 2.36. The van der Waals surface area contributed by atoms with Crippen LogP contribution in [0.15, 0.2) is 42.7 Å². The maximum atomic E-state index is 5.77. The third-order valence-corrected chi connectivity index (χ3v) is 5.75. The lowest BCUT2D eigenvalue weighted by Crippen LogP contribution is -2.37. The van der Waals surface area contributed by atoms with Crippen LogP contribution in [0.25, 0.3) is 33.9 Å². The van der Waals surface area contributed by atoms with E-state index in [-0.39, 0.29) is 0 Å². The predicted molar refractivity (Wildman–Crippen MR) is 119 cm³/mol. The van der Waals surface area contributed by atoms with Gasteiger partial charge >= 0.3 is 0 Å². The number of anilines is 1. The number of rotatable bonds is 3. The third kappa shape index (κ3) is 3.21. The number of hydrogen-bond donors (Lipinski definition) is 0. The third-order valence-electron chi connectivity index (χ3n) is 5.75. The standard InChI is InChI=1S/C23H22N6O3/c1-28-21(15-4-6-24-7-5-15)25-19-22(28)26-20(27-23(19)29-8-10-30-11-9-29)16-2-3-17-18(14-16)32-13-12-31-17/h2-7,14H,8-13H2,1H3. The first-order valence-corrected chi connectivity index (χ1v) is 10.7. The van der Waals surface area contributed by atoms with Crippen molar-refractivity contribution in [1.29, 1.82) is 0 Å². The molecule has 1 saturated heterocycles. The van der Waals surface area contributed by atoms with Crippen molar-refractivity contribution in [2.24, 2.45) is 7.05 Å². The fourth-order valence-electron chi connectivity index (χ4n) is 4.11. The van der Waals surface area contributed by atoms with Crippen LogP contribution in [-0.4, -0.2) is 64.0 Å². The number of ether oxygens (including phenoxy) is 3. The summed E-state index contributed by atoms with van der Waals surface area (Å²) in [6, 6.07) is 9.73. The highest BCUT2D eigenvalue weighted by Gasteiger charge is 2.23. The highest BCUT2D eigenvalue weighted by atomic mass is 16.6. The first-order chi connectivity index (χ1) is 15.8. The fourth-order valence-corrected chi connectivity index (χ4v) is 4.11. The quantitative estimate of drug-likeness (QED) is 0.490. The number of hydrogen-bond acceptors (Lipinski definition) is 8. The Morgan fingerprint density at radius 3 is 2.41 bits per heavy atom. The van der Waals surface area contributed by atoms with E-state index in [2.05, 4.69) is 9.88 Å². The molecule has 9 nitrogen and oxygen atoms in total. The van der Waals surface area contributed by atoms with E-state index < -0.39 is 0 Å². The fraction of sp³-hybridized carbons (Fsp3) is 0.304. The van der Waals surface area contributed by atoms with Crippen molar-refractivity contribution >= 4 is 17.0 Å². The lowest BCUT2D eigenvalue weighted by Gasteiger charge is -2.28. The van der Waals surface area contributed by atoms with E-state index in [1.54, 1.807) is 12.4 Å². The summed E-state index contributed by atoms with van der Waals surface area (Å²) in [5.41, 5.74) is 3.41. The average molecular weight is 430 g/mol. The summed E-state index contributed by atoms with van der Waals surface area (Å²) >= 11 is 0. The number of imidazole rings is 1. The van der Waals surface area contributed by atoms with Crippen molar-refractivity contribution < 1.29 is 14.2 Å². The van der Waals surface area contributed by atoms with Gasteiger partial charge in [0.2, 0.25) is 0 Å². The van der Waals surface area contributed by atoms with Crippen molar-refractivity contribution in [1.82, 2.24) is 24.5 Å². The van der Waals surface area contributed by atoms with Crippen LogP contribution in [0.2, 0.25) is 0 Å². The van der Waals surface area contributed by atoms with E-state index in [9.17, 15) is 0 Å². The van der Waals surface area contributed by atoms with E-state index in [0.29, 0.717) is 38.0 Å². The number of fused-ring (bicyclic) bond motifs is 2. The maximum Gasteiger partial charge on any atom is 0.166 e. The smallest absolute Gasteiger partial charge is 0.166 e. The Bertz CT molecular complexity index is 1280. The summed E-state index contributed by atoms with van der Waals surface area (Å²) in [4.78, 5) is 21.2. The molecule has 1 aromatic carbocycles. The molecular weight excluding hydrogens is 408 g/mol. The van der Waals surface area contributed by atoms with Crippen LogP contribution in [-0.2, 0) is 11.8 Å². The summed E-state index contributed by atoms with van der Waals surface area (Å²) in [5.74, 6) is 3.73. The molecule has 0 atom stereocenters. The first-order valence-electron chi connectivity index (χ1n) is 10.7. The second-order valence-electron chi connectivity index (χ2n) is 7.73. The second-order valence-corrected chi connectivity index (χ2v) is 7.73. The van der Waals surface area contributed by atoms with Gasteiger partial charge in [0.15, 0.2) is 34.3 Å². The van der Waals surface area contributed by atoms with Gasteiger partial charge in [0, 0.05) is 43.7 Å². The van der Waals surface area contributed by atoms with Gasteiger partial charge in [0.1, 0.15) is 19.0 Å². The number of aromatic nitrogens is 5. The molecule has 0 N–H and O–H groups in total. The molecule has 0 amide bonds. The molecule has 1 fully saturated rings. The second kappa shape index (κ2) is 7.76. The lowest BCUT2D eigenvalue weighted by atomic mass is 10.1. The Hall–Kier alpha value is -3.72. The Balaban J connectivity index is 1.54. The summed E-state index contributed by atoms with van der Waals surface area (Å²) < 4.78 is 19.0. The lowest BCUT2D eigenvalue weighted by molar-refractivity contribution is 0.122. The number of morpholine rings is 1. The molecule has 0 unspecified atom stereocenters. The van der Waals surface area contributed by atoms with Crippen LogP contribution in [0, 0.1) is 0 Å². The van der Waals surface area contributed by atoms with Crippen LogP contribution in [0.3, 0.4) is 0 Å². The number of pyridine rings is 1. The van der Waals surface area contributed by atoms with Crippen LogP contribution in [0.5, 0.6) is 11.5 Å². The molecule has 2 aliphatic rings. The van der Waals surface area contributed by atoms with Gasteiger partial charge in [-0.1, -0.05) is 0 Å². The molecule has 4 aromatic rings. The van der Waals surface area contributed by atoms with Gasteiger partial charge in [0.05, 0.1) is 13.2 Å². The molecule has 0 spiro atoms. The van der Waals surface area contributed by atoms with Crippen LogP contribution < -0.4 is 14.4 Å². The van der Waals surface area contributed by atoms with Crippen molar-refractivity contribution in [3.63, 3.8) is 0 Å². The molecule has 0 bridgehead atoms. The largest absolute Gasteiger partial charge is 0.486 e. The van der Waals surface area contributed by atoms with E-state index in [4.69, 9.17) is 29.2 Å². The monoisotopic (exact) mass is 430 g/mol. The van der Waals surface area contributed by atoms with Crippen LogP contribution >= 0.6 is 0 Å².